The van der Waals surface area contributed by atoms with Crippen molar-refractivity contribution in [2.24, 2.45) is 5.92 Å². The monoisotopic (exact) mass is 348 g/mol. The third-order valence-corrected chi connectivity index (χ3v) is 5.48. The Balaban J connectivity index is 1.44. The van der Waals surface area contributed by atoms with Gasteiger partial charge in [-0.15, -0.1) is 0 Å². The SMILES string of the molecule is CCCc1ccc(-c2ccc(C(=O)N3C[C@@H]4CC(=O)N[C@@H]4C3)cc2)cc1. The molecular weight excluding hydrogens is 324 g/mol. The standard InChI is InChI=1S/C22H24N2O2/c1-2-3-15-4-6-16(7-5-15)17-8-10-18(11-9-17)22(26)24-13-19-12-21(25)23-20(19)14-24/h4-11,19-20H,2-3,12-14H2,1H3,(H,23,25)/t19-,20+/m0/s1. The van der Waals surface area contributed by atoms with Crippen LogP contribution < -0.4 is 5.32 Å². The topological polar surface area (TPSA) is 49.4 Å². The van der Waals surface area contributed by atoms with Crippen molar-refractivity contribution >= 4 is 11.8 Å². The second kappa shape index (κ2) is 6.94. The molecule has 0 saturated carbocycles. The second-order valence-corrected chi connectivity index (χ2v) is 7.37. The molecule has 2 aromatic carbocycles. The van der Waals surface area contributed by atoms with E-state index in [4.69, 9.17) is 0 Å². The van der Waals surface area contributed by atoms with Gasteiger partial charge in [-0.25, -0.2) is 0 Å². The minimum atomic E-state index is 0.0542. The average Bonchev–Trinajstić information content (AvgIpc) is 3.20. The number of nitrogens with zero attached hydrogens (tertiary/aromatic N) is 1. The summed E-state index contributed by atoms with van der Waals surface area (Å²) in [6.07, 6.45) is 2.80. The van der Waals surface area contributed by atoms with Crippen molar-refractivity contribution in [3.63, 3.8) is 0 Å². The molecule has 2 heterocycles. The number of nitrogens with one attached hydrogen (secondary N) is 1. The Kier molecular flexibility index (Phi) is 4.49. The maximum atomic E-state index is 12.7. The molecule has 0 aliphatic carbocycles. The van der Waals surface area contributed by atoms with Gasteiger partial charge in [0.2, 0.25) is 5.91 Å². The highest BCUT2D eigenvalue weighted by molar-refractivity contribution is 5.95. The number of benzene rings is 2. The molecule has 2 saturated heterocycles. The fourth-order valence-electron chi connectivity index (χ4n) is 4.05. The molecule has 2 aromatic rings. The van der Waals surface area contributed by atoms with E-state index < -0.39 is 0 Å². The zero-order valence-corrected chi connectivity index (χ0v) is 15.1. The van der Waals surface area contributed by atoms with Gasteiger partial charge in [0.05, 0.1) is 6.04 Å². The van der Waals surface area contributed by atoms with Crippen LogP contribution in [0, 0.1) is 5.92 Å². The summed E-state index contributed by atoms with van der Waals surface area (Å²) in [6.45, 7) is 3.48. The zero-order valence-electron chi connectivity index (χ0n) is 15.1. The Morgan fingerprint density at radius 2 is 1.69 bits per heavy atom. The van der Waals surface area contributed by atoms with Crippen molar-refractivity contribution < 1.29 is 9.59 Å². The predicted molar refractivity (Wildman–Crippen MR) is 102 cm³/mol. The second-order valence-electron chi connectivity index (χ2n) is 7.37. The first-order valence-corrected chi connectivity index (χ1v) is 9.42. The Morgan fingerprint density at radius 3 is 2.31 bits per heavy atom. The van der Waals surface area contributed by atoms with Gasteiger partial charge in [0.25, 0.3) is 5.91 Å². The molecule has 26 heavy (non-hydrogen) atoms. The number of carbonyl (C=O) groups excluding carboxylic acids is 2. The summed E-state index contributed by atoms with van der Waals surface area (Å²) < 4.78 is 0. The van der Waals surface area contributed by atoms with Crippen LogP contribution >= 0.6 is 0 Å². The lowest BCUT2D eigenvalue weighted by atomic mass is 10.0. The highest BCUT2D eigenvalue weighted by atomic mass is 16.2. The van der Waals surface area contributed by atoms with Gasteiger partial charge in [-0.1, -0.05) is 49.7 Å². The lowest BCUT2D eigenvalue weighted by Gasteiger charge is -2.17. The van der Waals surface area contributed by atoms with E-state index >= 15 is 0 Å². The summed E-state index contributed by atoms with van der Waals surface area (Å²) >= 11 is 0. The van der Waals surface area contributed by atoms with E-state index in [1.54, 1.807) is 0 Å². The van der Waals surface area contributed by atoms with E-state index in [0.29, 0.717) is 25.1 Å². The summed E-state index contributed by atoms with van der Waals surface area (Å²) in [6, 6.07) is 16.6. The van der Waals surface area contributed by atoms with Crippen LogP contribution in [0.15, 0.2) is 48.5 Å². The van der Waals surface area contributed by atoms with Crippen molar-refractivity contribution in [1.29, 1.82) is 0 Å². The average molecular weight is 348 g/mol. The molecule has 0 aromatic heterocycles. The van der Waals surface area contributed by atoms with E-state index in [1.807, 2.05) is 29.2 Å². The van der Waals surface area contributed by atoms with E-state index in [0.717, 1.165) is 18.4 Å². The lowest BCUT2D eigenvalue weighted by molar-refractivity contribution is -0.119. The van der Waals surface area contributed by atoms with Crippen molar-refractivity contribution in [3.05, 3.63) is 59.7 Å². The van der Waals surface area contributed by atoms with Crippen molar-refractivity contribution in [1.82, 2.24) is 10.2 Å². The molecule has 0 unspecified atom stereocenters. The number of amides is 2. The lowest BCUT2D eigenvalue weighted by Crippen LogP contribution is -2.35. The third kappa shape index (κ3) is 3.24. The summed E-state index contributed by atoms with van der Waals surface area (Å²) in [5.74, 6) is 0.437. The molecule has 0 radical (unpaired) electrons. The molecule has 0 bridgehead atoms. The number of likely N-dealkylation sites (tertiary alicyclic amines) is 1. The molecule has 4 heteroatoms. The molecule has 2 fully saturated rings. The number of hydrogen-bond acceptors (Lipinski definition) is 2. The molecule has 4 nitrogen and oxygen atoms in total. The Hall–Kier alpha value is -2.62. The van der Waals surface area contributed by atoms with Crippen LogP contribution in [-0.4, -0.2) is 35.8 Å². The quantitative estimate of drug-likeness (QED) is 0.922. The smallest absolute Gasteiger partial charge is 0.253 e. The fourth-order valence-corrected chi connectivity index (χ4v) is 4.05. The first kappa shape index (κ1) is 16.8. The largest absolute Gasteiger partial charge is 0.351 e. The van der Waals surface area contributed by atoms with Gasteiger partial charge in [0.1, 0.15) is 0 Å². The van der Waals surface area contributed by atoms with Crippen LogP contribution in [0.1, 0.15) is 35.7 Å². The summed E-state index contributed by atoms with van der Waals surface area (Å²) in [7, 11) is 0. The normalized spacial score (nSPS) is 21.6. The summed E-state index contributed by atoms with van der Waals surface area (Å²) in [5.41, 5.74) is 4.36. The van der Waals surface area contributed by atoms with Crippen LogP contribution in [0.3, 0.4) is 0 Å². The Bertz CT molecular complexity index is 795. The molecule has 2 aliphatic heterocycles. The van der Waals surface area contributed by atoms with Gasteiger partial charge in [-0.05, 0) is 35.2 Å². The molecule has 1 N–H and O–H groups in total. The molecule has 2 atom stereocenters. The van der Waals surface area contributed by atoms with Crippen LogP contribution in [0.5, 0.6) is 0 Å². The van der Waals surface area contributed by atoms with Gasteiger partial charge in [-0.2, -0.15) is 0 Å². The minimum absolute atomic E-state index is 0.0542. The van der Waals surface area contributed by atoms with Crippen LogP contribution in [-0.2, 0) is 11.2 Å². The fraction of sp³-hybridized carbons (Fsp3) is 0.364. The van der Waals surface area contributed by atoms with Gasteiger partial charge in [-0.3, -0.25) is 9.59 Å². The summed E-state index contributed by atoms with van der Waals surface area (Å²) in [4.78, 5) is 26.0. The van der Waals surface area contributed by atoms with Crippen LogP contribution in [0.4, 0.5) is 0 Å². The van der Waals surface area contributed by atoms with Crippen LogP contribution in [0.25, 0.3) is 11.1 Å². The molecule has 4 rings (SSSR count). The molecule has 134 valence electrons. The summed E-state index contributed by atoms with van der Waals surface area (Å²) in [5, 5.41) is 2.96. The number of rotatable bonds is 4. The van der Waals surface area contributed by atoms with Crippen LogP contribution in [0.2, 0.25) is 0 Å². The maximum Gasteiger partial charge on any atom is 0.253 e. The highest BCUT2D eigenvalue weighted by Gasteiger charge is 2.41. The van der Waals surface area contributed by atoms with Gasteiger partial charge < -0.3 is 10.2 Å². The number of carbonyl (C=O) groups is 2. The van der Waals surface area contributed by atoms with E-state index in [1.165, 1.54) is 11.1 Å². The van der Waals surface area contributed by atoms with Gasteiger partial charge >= 0.3 is 0 Å². The molecule has 0 spiro atoms. The third-order valence-electron chi connectivity index (χ3n) is 5.48. The Labute approximate surface area is 154 Å². The Morgan fingerprint density at radius 1 is 1.04 bits per heavy atom. The van der Waals surface area contributed by atoms with Gasteiger partial charge in [0, 0.05) is 31.0 Å². The van der Waals surface area contributed by atoms with E-state index in [-0.39, 0.29) is 23.8 Å². The number of fused-ring (bicyclic) bond motifs is 1. The molecule has 2 amide bonds. The zero-order chi connectivity index (χ0) is 18.1. The number of hydrogen-bond donors (Lipinski definition) is 1. The number of aryl methyl sites for hydroxylation is 1. The van der Waals surface area contributed by atoms with Crippen molar-refractivity contribution in [3.8, 4) is 11.1 Å². The van der Waals surface area contributed by atoms with E-state index in [2.05, 4.69) is 36.5 Å². The predicted octanol–water partition coefficient (Wildman–Crippen LogP) is 3.27. The minimum Gasteiger partial charge on any atom is -0.351 e. The maximum absolute atomic E-state index is 12.7. The van der Waals surface area contributed by atoms with E-state index in [9.17, 15) is 9.59 Å². The highest BCUT2D eigenvalue weighted by Crippen LogP contribution is 2.27. The first-order valence-electron chi connectivity index (χ1n) is 9.42. The van der Waals surface area contributed by atoms with Gasteiger partial charge in [0.15, 0.2) is 0 Å². The molecular formula is C22H24N2O2. The first-order chi connectivity index (χ1) is 12.6. The van der Waals surface area contributed by atoms with Crippen molar-refractivity contribution in [2.75, 3.05) is 13.1 Å². The molecule has 2 aliphatic rings. The van der Waals surface area contributed by atoms with Crippen molar-refractivity contribution in [2.45, 2.75) is 32.2 Å².